The lowest BCUT2D eigenvalue weighted by Crippen LogP contribution is -2.30. The summed E-state index contributed by atoms with van der Waals surface area (Å²) in [5.41, 5.74) is 0. The molecular weight excluding hydrogens is 829 g/mol. The first-order chi connectivity index (χ1) is 33.0. The van der Waals surface area contributed by atoms with Crippen molar-refractivity contribution in [3.8, 4) is 0 Å². The molecule has 0 aromatic heterocycles. The molecule has 0 rings (SSSR count). The van der Waals surface area contributed by atoms with Crippen molar-refractivity contribution in [2.75, 3.05) is 13.2 Å². The lowest BCUT2D eigenvalue weighted by atomic mass is 10.1. The average Bonchev–Trinajstić information content (AvgIpc) is 3.33. The predicted molar refractivity (Wildman–Crippen MR) is 288 cm³/mol. The summed E-state index contributed by atoms with van der Waals surface area (Å²) in [5, 5.41) is 0. The van der Waals surface area contributed by atoms with E-state index in [4.69, 9.17) is 14.2 Å². The summed E-state index contributed by atoms with van der Waals surface area (Å²) in [6.07, 6.45) is 71.4. The third-order valence-corrected chi connectivity index (χ3v) is 11.9. The maximum Gasteiger partial charge on any atom is 0.306 e. The molecule has 0 aromatic rings. The van der Waals surface area contributed by atoms with Crippen molar-refractivity contribution in [2.24, 2.45) is 0 Å². The fourth-order valence-corrected chi connectivity index (χ4v) is 7.62. The van der Waals surface area contributed by atoms with Crippen LogP contribution in [0.2, 0.25) is 0 Å². The molecule has 0 amide bonds. The summed E-state index contributed by atoms with van der Waals surface area (Å²) < 4.78 is 16.8. The molecule has 67 heavy (non-hydrogen) atoms. The van der Waals surface area contributed by atoms with Crippen LogP contribution in [0.15, 0.2) is 85.1 Å². The number of hydrogen-bond acceptors (Lipinski definition) is 6. The van der Waals surface area contributed by atoms with Crippen LogP contribution in [0.25, 0.3) is 0 Å². The van der Waals surface area contributed by atoms with E-state index in [0.29, 0.717) is 19.3 Å². The monoisotopic (exact) mass is 933 g/mol. The highest BCUT2D eigenvalue weighted by atomic mass is 16.6. The van der Waals surface area contributed by atoms with E-state index in [1.165, 1.54) is 116 Å². The van der Waals surface area contributed by atoms with Gasteiger partial charge in [0.25, 0.3) is 0 Å². The number of esters is 3. The Kier molecular flexibility index (Phi) is 52.4. The zero-order valence-corrected chi connectivity index (χ0v) is 43.9. The number of carbonyl (C=O) groups excluding carboxylic acids is 3. The van der Waals surface area contributed by atoms with Crippen LogP contribution in [0.4, 0.5) is 0 Å². The van der Waals surface area contributed by atoms with Crippen LogP contribution >= 0.6 is 0 Å². The molecule has 0 aliphatic heterocycles. The van der Waals surface area contributed by atoms with Crippen LogP contribution in [-0.4, -0.2) is 37.2 Å². The first-order valence-corrected chi connectivity index (χ1v) is 28.1. The molecule has 6 heteroatoms. The molecule has 6 nitrogen and oxygen atoms in total. The predicted octanol–water partition coefficient (Wildman–Crippen LogP) is 18.8. The topological polar surface area (TPSA) is 78.9 Å². The second-order valence-corrected chi connectivity index (χ2v) is 18.5. The highest BCUT2D eigenvalue weighted by Gasteiger charge is 2.19. The van der Waals surface area contributed by atoms with Gasteiger partial charge in [0, 0.05) is 19.3 Å². The number of allylic oxidation sites excluding steroid dienone is 14. The third kappa shape index (κ3) is 53.4. The molecule has 0 heterocycles. The number of ether oxygens (including phenoxy) is 3. The quantitative estimate of drug-likeness (QED) is 0.0262. The van der Waals surface area contributed by atoms with Gasteiger partial charge in [-0.3, -0.25) is 14.4 Å². The fourth-order valence-electron chi connectivity index (χ4n) is 7.62. The smallest absolute Gasteiger partial charge is 0.306 e. The molecule has 0 spiro atoms. The highest BCUT2D eigenvalue weighted by Crippen LogP contribution is 2.14. The van der Waals surface area contributed by atoms with Crippen molar-refractivity contribution >= 4 is 17.9 Å². The second kappa shape index (κ2) is 55.2. The van der Waals surface area contributed by atoms with E-state index >= 15 is 0 Å². The molecule has 0 bridgehead atoms. The van der Waals surface area contributed by atoms with Gasteiger partial charge in [-0.15, -0.1) is 0 Å². The minimum atomic E-state index is -0.796. The standard InChI is InChI=1S/C61H104O6/c1-4-7-10-13-16-19-22-24-26-28-30-32-34-36-39-42-45-48-51-54-60(63)66-57-58(56-65-59(62)53-50-47-44-41-38-21-18-15-12-9-6-3)67-61(64)55-52-49-46-43-40-37-35-33-31-29-27-25-23-20-17-14-11-8-5-2/h7,10,15-16,18-19,24,26,29-32,36,39,58H,4-6,8-9,11-14,17,20-23,25,27-28,33-35,37-38,40-57H2,1-3H3/b10-7-,18-15-,19-16-,26-24-,31-29-,32-30-,39-36-/t58-/m1/s1. The average molecular weight is 933 g/mol. The van der Waals surface area contributed by atoms with Gasteiger partial charge in [-0.1, -0.05) is 221 Å². The van der Waals surface area contributed by atoms with Gasteiger partial charge in [0.1, 0.15) is 13.2 Å². The van der Waals surface area contributed by atoms with Crippen molar-refractivity contribution in [2.45, 2.75) is 271 Å². The van der Waals surface area contributed by atoms with Crippen molar-refractivity contribution < 1.29 is 28.6 Å². The molecule has 0 N–H and O–H groups in total. The molecule has 0 unspecified atom stereocenters. The lowest BCUT2D eigenvalue weighted by molar-refractivity contribution is -0.167. The van der Waals surface area contributed by atoms with Crippen LogP contribution in [0.1, 0.15) is 265 Å². The van der Waals surface area contributed by atoms with Crippen LogP contribution in [-0.2, 0) is 28.6 Å². The van der Waals surface area contributed by atoms with Crippen LogP contribution in [0, 0.1) is 0 Å². The van der Waals surface area contributed by atoms with E-state index < -0.39 is 6.10 Å². The maximum absolute atomic E-state index is 12.8. The third-order valence-electron chi connectivity index (χ3n) is 11.9. The minimum Gasteiger partial charge on any atom is -0.462 e. The van der Waals surface area contributed by atoms with Crippen molar-refractivity contribution in [1.29, 1.82) is 0 Å². The van der Waals surface area contributed by atoms with E-state index in [2.05, 4.69) is 106 Å². The van der Waals surface area contributed by atoms with E-state index in [1.54, 1.807) is 0 Å². The zero-order valence-electron chi connectivity index (χ0n) is 43.9. The molecule has 0 saturated heterocycles. The van der Waals surface area contributed by atoms with Gasteiger partial charge < -0.3 is 14.2 Å². The van der Waals surface area contributed by atoms with Gasteiger partial charge in [-0.25, -0.2) is 0 Å². The molecule has 1 atom stereocenters. The molecule has 0 radical (unpaired) electrons. The molecule has 0 aromatic carbocycles. The summed E-state index contributed by atoms with van der Waals surface area (Å²) in [7, 11) is 0. The van der Waals surface area contributed by atoms with Crippen LogP contribution in [0.3, 0.4) is 0 Å². The Hall–Kier alpha value is -3.41. The second-order valence-electron chi connectivity index (χ2n) is 18.5. The van der Waals surface area contributed by atoms with E-state index in [-0.39, 0.29) is 31.1 Å². The number of unbranched alkanes of at least 4 members (excludes halogenated alkanes) is 25. The summed E-state index contributed by atoms with van der Waals surface area (Å²) in [5.74, 6) is -0.937. The molecule has 0 fully saturated rings. The van der Waals surface area contributed by atoms with Gasteiger partial charge >= 0.3 is 17.9 Å². The Morgan fingerprint density at radius 2 is 0.597 bits per heavy atom. The largest absolute Gasteiger partial charge is 0.462 e. The molecule has 384 valence electrons. The molecular formula is C61H104O6. The summed E-state index contributed by atoms with van der Waals surface area (Å²) >= 11 is 0. The van der Waals surface area contributed by atoms with E-state index in [1.807, 2.05) is 0 Å². The molecule has 0 aliphatic rings. The van der Waals surface area contributed by atoms with Crippen molar-refractivity contribution in [3.63, 3.8) is 0 Å². The Bertz CT molecular complexity index is 1300. The van der Waals surface area contributed by atoms with E-state index in [9.17, 15) is 14.4 Å². The van der Waals surface area contributed by atoms with Gasteiger partial charge in [0.05, 0.1) is 0 Å². The Labute approximate surface area is 414 Å². The van der Waals surface area contributed by atoms with Gasteiger partial charge in [0.2, 0.25) is 0 Å². The van der Waals surface area contributed by atoms with Crippen LogP contribution < -0.4 is 0 Å². The van der Waals surface area contributed by atoms with Gasteiger partial charge in [0.15, 0.2) is 6.10 Å². The number of rotatable bonds is 50. The highest BCUT2D eigenvalue weighted by molar-refractivity contribution is 5.71. The lowest BCUT2D eigenvalue weighted by Gasteiger charge is -2.18. The molecule has 0 saturated carbocycles. The van der Waals surface area contributed by atoms with Gasteiger partial charge in [-0.2, -0.15) is 0 Å². The van der Waals surface area contributed by atoms with E-state index in [0.717, 1.165) is 109 Å². The normalized spacial score (nSPS) is 12.7. The Morgan fingerprint density at radius 3 is 0.985 bits per heavy atom. The fraction of sp³-hybridized carbons (Fsp3) is 0.721. The summed E-state index contributed by atoms with van der Waals surface area (Å²) in [6.45, 7) is 6.46. The summed E-state index contributed by atoms with van der Waals surface area (Å²) in [4.78, 5) is 38.1. The Balaban J connectivity index is 4.41. The number of carbonyl (C=O) groups is 3. The minimum absolute atomic E-state index is 0.0934. The SMILES string of the molecule is CC/C=C\C/C=C\C/C=C\C/C=C\C/C=C\CCCCCC(=O)OC[C@@H](COC(=O)CCCCCCC/C=C\CCCC)OC(=O)CCCCCCCCC/C=C\CCCCCCCCCC. The number of hydrogen-bond donors (Lipinski definition) is 0. The first kappa shape index (κ1) is 63.6. The molecule has 0 aliphatic carbocycles. The van der Waals surface area contributed by atoms with Crippen molar-refractivity contribution in [3.05, 3.63) is 85.1 Å². The van der Waals surface area contributed by atoms with Crippen LogP contribution in [0.5, 0.6) is 0 Å². The maximum atomic E-state index is 12.8. The Morgan fingerprint density at radius 1 is 0.313 bits per heavy atom. The van der Waals surface area contributed by atoms with Crippen molar-refractivity contribution in [1.82, 2.24) is 0 Å². The first-order valence-electron chi connectivity index (χ1n) is 28.1. The summed E-state index contributed by atoms with van der Waals surface area (Å²) in [6, 6.07) is 0. The van der Waals surface area contributed by atoms with Gasteiger partial charge in [-0.05, 0) is 109 Å². The zero-order chi connectivity index (χ0) is 48.6.